The normalized spacial score (nSPS) is 22.1. The summed E-state index contributed by atoms with van der Waals surface area (Å²) in [5, 5.41) is 3.75. The Balaban J connectivity index is 1.71. The molecule has 0 saturated carbocycles. The Morgan fingerprint density at radius 1 is 1.22 bits per heavy atom. The smallest absolute Gasteiger partial charge is 0.315 e. The molecule has 4 amide bonds. The molecule has 1 aromatic carbocycles. The molecular formula is C16H18ClN3O3. The Hall–Kier alpha value is -1.92. The molecule has 1 aromatic rings. The number of carbonyl (C=O) groups excluding carboxylic acids is 3. The maximum Gasteiger partial charge on any atom is 0.333 e. The molecule has 0 aromatic heterocycles. The van der Waals surface area contributed by atoms with Crippen LogP contribution in [0.3, 0.4) is 0 Å². The molecule has 2 fully saturated rings. The fourth-order valence-electron chi connectivity index (χ4n) is 3.03. The van der Waals surface area contributed by atoms with Crippen LogP contribution in [0, 0.1) is 0 Å². The number of hydrogen-bond donors (Lipinski definition) is 1. The summed E-state index contributed by atoms with van der Waals surface area (Å²) < 4.78 is 0. The van der Waals surface area contributed by atoms with Crippen LogP contribution in [0.1, 0.15) is 18.4 Å². The third-order valence-electron chi connectivity index (χ3n) is 4.22. The van der Waals surface area contributed by atoms with Crippen LogP contribution in [0.4, 0.5) is 4.79 Å². The number of halogens is 1. The highest BCUT2D eigenvalue weighted by Gasteiger charge is 2.41. The summed E-state index contributed by atoms with van der Waals surface area (Å²) in [6, 6.07) is 6.66. The Morgan fingerprint density at radius 3 is 2.74 bits per heavy atom. The summed E-state index contributed by atoms with van der Waals surface area (Å²) in [6.45, 7) is 1.62. The summed E-state index contributed by atoms with van der Waals surface area (Å²) in [4.78, 5) is 39.2. The highest BCUT2D eigenvalue weighted by atomic mass is 35.5. The molecule has 3 rings (SSSR count). The highest BCUT2D eigenvalue weighted by Crippen LogP contribution is 2.20. The molecule has 1 N–H and O–H groups in total. The van der Waals surface area contributed by atoms with Crippen molar-refractivity contribution in [1.29, 1.82) is 0 Å². The topological polar surface area (TPSA) is 69.7 Å². The maximum atomic E-state index is 12.6. The summed E-state index contributed by atoms with van der Waals surface area (Å²) >= 11 is 5.94. The SMILES string of the molecule is O=C1CC(=O)N([C@@H]2CCNC2)C(=O)N1CCc1cccc(Cl)c1. The van der Waals surface area contributed by atoms with Gasteiger partial charge in [0, 0.05) is 18.1 Å². The molecule has 7 heteroatoms. The molecule has 23 heavy (non-hydrogen) atoms. The van der Waals surface area contributed by atoms with E-state index in [0.29, 0.717) is 18.0 Å². The minimum Gasteiger partial charge on any atom is -0.315 e. The van der Waals surface area contributed by atoms with Gasteiger partial charge in [-0.3, -0.25) is 19.4 Å². The van der Waals surface area contributed by atoms with Crippen LogP contribution >= 0.6 is 11.6 Å². The van der Waals surface area contributed by atoms with Gasteiger partial charge in [-0.05, 0) is 37.1 Å². The number of carbonyl (C=O) groups is 3. The van der Waals surface area contributed by atoms with Crippen LogP contribution in [-0.4, -0.2) is 53.3 Å². The Bertz CT molecular complexity index is 643. The first-order chi connectivity index (χ1) is 11.1. The fourth-order valence-corrected chi connectivity index (χ4v) is 3.24. The average Bonchev–Trinajstić information content (AvgIpc) is 3.00. The van der Waals surface area contributed by atoms with Gasteiger partial charge in [-0.2, -0.15) is 0 Å². The van der Waals surface area contributed by atoms with E-state index >= 15 is 0 Å². The van der Waals surface area contributed by atoms with E-state index in [9.17, 15) is 14.4 Å². The number of hydrogen-bond acceptors (Lipinski definition) is 4. The van der Waals surface area contributed by atoms with Crippen molar-refractivity contribution >= 4 is 29.4 Å². The molecule has 2 aliphatic heterocycles. The Labute approximate surface area is 139 Å². The lowest BCUT2D eigenvalue weighted by Gasteiger charge is -2.35. The molecule has 2 heterocycles. The monoisotopic (exact) mass is 335 g/mol. The second kappa shape index (κ2) is 6.68. The lowest BCUT2D eigenvalue weighted by Crippen LogP contribution is -2.59. The van der Waals surface area contributed by atoms with Gasteiger partial charge in [0.25, 0.3) is 0 Å². The number of amides is 4. The van der Waals surface area contributed by atoms with Crippen molar-refractivity contribution < 1.29 is 14.4 Å². The van der Waals surface area contributed by atoms with E-state index in [0.717, 1.165) is 18.5 Å². The molecule has 0 unspecified atom stereocenters. The van der Waals surface area contributed by atoms with Gasteiger partial charge in [-0.15, -0.1) is 0 Å². The van der Waals surface area contributed by atoms with E-state index in [-0.39, 0.29) is 19.0 Å². The second-order valence-corrected chi connectivity index (χ2v) is 6.23. The van der Waals surface area contributed by atoms with Gasteiger partial charge in [-0.25, -0.2) is 4.79 Å². The summed E-state index contributed by atoms with van der Waals surface area (Å²) in [5.74, 6) is -0.822. The van der Waals surface area contributed by atoms with Crippen molar-refractivity contribution in [3.05, 3.63) is 34.9 Å². The molecule has 1 atom stereocenters. The summed E-state index contributed by atoms with van der Waals surface area (Å²) in [5.41, 5.74) is 0.948. The zero-order valence-corrected chi connectivity index (χ0v) is 13.4. The predicted molar refractivity (Wildman–Crippen MR) is 85.0 cm³/mol. The third-order valence-corrected chi connectivity index (χ3v) is 4.46. The molecule has 0 bridgehead atoms. The summed E-state index contributed by atoms with van der Waals surface area (Å²) in [7, 11) is 0. The quantitative estimate of drug-likeness (QED) is 0.845. The van der Waals surface area contributed by atoms with Crippen LogP contribution in [0.25, 0.3) is 0 Å². The minimum absolute atomic E-state index is 0.156. The Morgan fingerprint density at radius 2 is 2.04 bits per heavy atom. The van der Waals surface area contributed by atoms with Crippen molar-refractivity contribution in [3.63, 3.8) is 0 Å². The highest BCUT2D eigenvalue weighted by molar-refractivity contribution is 6.30. The first kappa shape index (κ1) is 16.0. The number of benzene rings is 1. The zero-order chi connectivity index (χ0) is 16.4. The largest absolute Gasteiger partial charge is 0.333 e. The van der Waals surface area contributed by atoms with Gasteiger partial charge in [0.15, 0.2) is 0 Å². The van der Waals surface area contributed by atoms with E-state index in [4.69, 9.17) is 11.6 Å². The van der Waals surface area contributed by atoms with Gasteiger partial charge < -0.3 is 5.32 Å². The number of barbiturate groups is 1. The van der Waals surface area contributed by atoms with Crippen LogP contribution in [0.15, 0.2) is 24.3 Å². The van der Waals surface area contributed by atoms with Gasteiger partial charge in [0.05, 0.1) is 6.04 Å². The number of nitrogens with zero attached hydrogens (tertiary/aromatic N) is 2. The average molecular weight is 336 g/mol. The molecule has 0 aliphatic carbocycles. The first-order valence-corrected chi connectivity index (χ1v) is 8.05. The predicted octanol–water partition coefficient (Wildman–Crippen LogP) is 1.43. The molecule has 0 radical (unpaired) electrons. The van der Waals surface area contributed by atoms with Gasteiger partial charge in [0.1, 0.15) is 6.42 Å². The number of imide groups is 2. The van der Waals surface area contributed by atoms with Crippen LogP contribution < -0.4 is 5.32 Å². The lowest BCUT2D eigenvalue weighted by molar-refractivity contribution is -0.143. The number of urea groups is 1. The molecule has 6 nitrogen and oxygen atoms in total. The van der Waals surface area contributed by atoms with E-state index in [1.807, 2.05) is 18.2 Å². The van der Waals surface area contributed by atoms with Crippen LogP contribution in [0.2, 0.25) is 5.02 Å². The Kier molecular flexibility index (Phi) is 4.63. The van der Waals surface area contributed by atoms with Crippen molar-refractivity contribution in [2.45, 2.75) is 25.3 Å². The van der Waals surface area contributed by atoms with E-state index in [2.05, 4.69) is 5.32 Å². The van der Waals surface area contributed by atoms with E-state index < -0.39 is 17.8 Å². The fraction of sp³-hybridized carbons (Fsp3) is 0.438. The maximum absolute atomic E-state index is 12.6. The van der Waals surface area contributed by atoms with Crippen molar-refractivity contribution in [2.75, 3.05) is 19.6 Å². The van der Waals surface area contributed by atoms with Gasteiger partial charge in [-0.1, -0.05) is 23.7 Å². The molecule has 0 spiro atoms. The first-order valence-electron chi connectivity index (χ1n) is 7.68. The third kappa shape index (κ3) is 3.38. The standard InChI is InChI=1S/C16H18ClN3O3/c17-12-3-1-2-11(8-12)5-7-19-14(21)9-15(22)20(16(19)23)13-4-6-18-10-13/h1-3,8,13,18H,4-7,9-10H2/t13-/m1/s1. The second-order valence-electron chi connectivity index (χ2n) is 5.80. The van der Waals surface area contributed by atoms with E-state index in [1.165, 1.54) is 9.80 Å². The molecular weight excluding hydrogens is 318 g/mol. The van der Waals surface area contributed by atoms with Gasteiger partial charge in [0.2, 0.25) is 11.8 Å². The van der Waals surface area contributed by atoms with Gasteiger partial charge >= 0.3 is 6.03 Å². The zero-order valence-electron chi connectivity index (χ0n) is 12.6. The van der Waals surface area contributed by atoms with Crippen molar-refractivity contribution in [2.24, 2.45) is 0 Å². The van der Waals surface area contributed by atoms with Crippen LogP contribution in [0.5, 0.6) is 0 Å². The lowest BCUT2D eigenvalue weighted by atomic mass is 10.1. The van der Waals surface area contributed by atoms with Crippen molar-refractivity contribution in [1.82, 2.24) is 15.1 Å². The number of nitrogens with one attached hydrogen (secondary N) is 1. The van der Waals surface area contributed by atoms with Crippen LogP contribution in [-0.2, 0) is 16.0 Å². The minimum atomic E-state index is -0.498. The molecule has 2 aliphatic rings. The molecule has 122 valence electrons. The number of rotatable bonds is 4. The summed E-state index contributed by atoms with van der Waals surface area (Å²) in [6.07, 6.45) is 1.01. The van der Waals surface area contributed by atoms with E-state index in [1.54, 1.807) is 6.07 Å². The molecule has 2 saturated heterocycles. The van der Waals surface area contributed by atoms with Crippen molar-refractivity contribution in [3.8, 4) is 0 Å².